The Balaban J connectivity index is 1.54. The molecular weight excluding hydrogens is 435 g/mol. The maximum Gasteiger partial charge on any atom is 0.255 e. The first-order valence-electron chi connectivity index (χ1n) is 11.2. The molecule has 8 heteroatoms. The van der Waals surface area contributed by atoms with Crippen molar-refractivity contribution in [2.24, 2.45) is 0 Å². The molecule has 0 unspecified atom stereocenters. The number of methoxy groups -OCH3 is 1. The first kappa shape index (κ1) is 23.4. The van der Waals surface area contributed by atoms with Crippen LogP contribution in [0.5, 0.6) is 5.75 Å². The molecule has 1 aliphatic rings. The zero-order valence-corrected chi connectivity index (χ0v) is 19.4. The number of halogens is 1. The predicted molar refractivity (Wildman–Crippen MR) is 126 cm³/mol. The van der Waals surface area contributed by atoms with E-state index in [0.717, 1.165) is 29.8 Å². The number of nitrogens with one attached hydrogen (secondary N) is 1. The normalized spacial score (nSPS) is 15.8. The summed E-state index contributed by atoms with van der Waals surface area (Å²) in [5.41, 5.74) is 0.258. The van der Waals surface area contributed by atoms with Crippen LogP contribution in [0.3, 0.4) is 0 Å². The number of carbonyl (C=O) groups is 2. The Bertz CT molecular complexity index is 1200. The zero-order valence-electron chi connectivity index (χ0n) is 19.4. The third-order valence-electron chi connectivity index (χ3n) is 5.96. The van der Waals surface area contributed by atoms with Gasteiger partial charge in [-0.25, -0.2) is 14.4 Å². The summed E-state index contributed by atoms with van der Waals surface area (Å²) in [6, 6.07) is 14.7. The molecular formula is C26H27FN4O3. The Morgan fingerprint density at radius 3 is 2.56 bits per heavy atom. The fourth-order valence-corrected chi connectivity index (χ4v) is 4.16. The second-order valence-electron chi connectivity index (χ2n) is 8.75. The van der Waals surface area contributed by atoms with Gasteiger partial charge in [0.15, 0.2) is 5.82 Å². The van der Waals surface area contributed by atoms with Gasteiger partial charge >= 0.3 is 0 Å². The molecule has 176 valence electrons. The van der Waals surface area contributed by atoms with Crippen LogP contribution in [-0.2, 0) is 4.79 Å². The third-order valence-corrected chi connectivity index (χ3v) is 5.96. The highest BCUT2D eigenvalue weighted by Gasteiger charge is 2.40. The first-order valence-corrected chi connectivity index (χ1v) is 11.2. The summed E-state index contributed by atoms with van der Waals surface area (Å²) in [5, 5.41) is 2.70. The quantitative estimate of drug-likeness (QED) is 0.595. The van der Waals surface area contributed by atoms with Crippen molar-refractivity contribution in [2.45, 2.75) is 38.3 Å². The van der Waals surface area contributed by atoms with Crippen molar-refractivity contribution in [1.82, 2.24) is 20.2 Å². The van der Waals surface area contributed by atoms with Crippen LogP contribution < -0.4 is 10.1 Å². The van der Waals surface area contributed by atoms with E-state index < -0.39 is 17.3 Å². The van der Waals surface area contributed by atoms with E-state index >= 15 is 0 Å². The molecule has 0 radical (unpaired) electrons. The lowest BCUT2D eigenvalue weighted by atomic mass is 10.0. The summed E-state index contributed by atoms with van der Waals surface area (Å²) < 4.78 is 19.3. The van der Waals surface area contributed by atoms with Gasteiger partial charge in [-0.2, -0.15) is 0 Å². The number of nitrogens with zero attached hydrogens (tertiary/aromatic N) is 3. The number of hydrogen-bond donors (Lipinski definition) is 1. The maximum atomic E-state index is 14.0. The highest BCUT2D eigenvalue weighted by Crippen LogP contribution is 2.33. The number of rotatable bonds is 6. The average molecular weight is 463 g/mol. The number of amides is 2. The van der Waals surface area contributed by atoms with Crippen molar-refractivity contribution in [1.29, 1.82) is 0 Å². The lowest BCUT2D eigenvalue weighted by Crippen LogP contribution is -2.55. The number of likely N-dealkylation sites (tertiary alicyclic amines) is 1. The zero-order chi connectivity index (χ0) is 24.3. The molecule has 2 heterocycles. The minimum Gasteiger partial charge on any atom is -0.497 e. The first-order chi connectivity index (χ1) is 16.3. The second kappa shape index (κ2) is 9.59. The molecule has 0 saturated carbocycles. The van der Waals surface area contributed by atoms with E-state index in [9.17, 15) is 14.0 Å². The van der Waals surface area contributed by atoms with Crippen LogP contribution in [0.15, 0.2) is 60.8 Å². The van der Waals surface area contributed by atoms with Crippen molar-refractivity contribution in [3.8, 4) is 17.1 Å². The number of carbonyl (C=O) groups excluding carboxylic acids is 2. The van der Waals surface area contributed by atoms with E-state index in [4.69, 9.17) is 9.72 Å². The summed E-state index contributed by atoms with van der Waals surface area (Å²) in [6.07, 6.45) is 3.26. The van der Waals surface area contributed by atoms with Crippen LogP contribution in [0.1, 0.15) is 48.8 Å². The second-order valence-corrected chi connectivity index (χ2v) is 8.75. The molecule has 1 fully saturated rings. The number of hydrogen-bond acceptors (Lipinski definition) is 5. The monoisotopic (exact) mass is 462 g/mol. The fourth-order valence-electron chi connectivity index (χ4n) is 4.16. The number of ether oxygens (including phenoxy) is 1. The van der Waals surface area contributed by atoms with E-state index in [1.54, 1.807) is 38.1 Å². The van der Waals surface area contributed by atoms with E-state index in [1.807, 2.05) is 30.3 Å². The van der Waals surface area contributed by atoms with Crippen LogP contribution in [0, 0.1) is 5.82 Å². The van der Waals surface area contributed by atoms with E-state index in [0.29, 0.717) is 12.4 Å². The van der Waals surface area contributed by atoms with Gasteiger partial charge in [0, 0.05) is 18.3 Å². The van der Waals surface area contributed by atoms with Crippen molar-refractivity contribution in [3.05, 3.63) is 77.9 Å². The minimum atomic E-state index is -1.23. The van der Waals surface area contributed by atoms with E-state index in [-0.39, 0.29) is 17.5 Å². The highest BCUT2D eigenvalue weighted by molar-refractivity contribution is 5.99. The van der Waals surface area contributed by atoms with Gasteiger partial charge in [-0.05, 0) is 69.2 Å². The molecule has 0 aliphatic carbocycles. The van der Waals surface area contributed by atoms with Gasteiger partial charge in [0.25, 0.3) is 5.91 Å². The van der Waals surface area contributed by atoms with Gasteiger partial charge in [-0.3, -0.25) is 9.59 Å². The lowest BCUT2D eigenvalue weighted by Gasteiger charge is -2.33. The molecule has 34 heavy (non-hydrogen) atoms. The largest absolute Gasteiger partial charge is 0.497 e. The molecule has 2 aromatic carbocycles. The van der Waals surface area contributed by atoms with Gasteiger partial charge < -0.3 is 15.0 Å². The van der Waals surface area contributed by atoms with Gasteiger partial charge in [0.05, 0.1) is 24.4 Å². The number of benzene rings is 2. The molecule has 1 aliphatic heterocycles. The standard InChI is InChI=1S/C26H27FN4O3/c1-26(2,30-24(32)19-7-4-5-8-20(19)27)25(33)31-16-6-9-22(31)21-14-15-28-23(29-21)17-10-12-18(34-3)13-11-17/h4-5,7-8,10-15,22H,6,9,16H2,1-3H3,(H,30,32)/t22-/m0/s1. The van der Waals surface area contributed by atoms with Crippen LogP contribution in [0.25, 0.3) is 11.4 Å². The number of aromatic nitrogens is 2. The molecule has 7 nitrogen and oxygen atoms in total. The molecule has 2 amide bonds. The summed E-state index contributed by atoms with van der Waals surface area (Å²) >= 11 is 0. The fraction of sp³-hybridized carbons (Fsp3) is 0.308. The summed E-state index contributed by atoms with van der Waals surface area (Å²) in [5.74, 6) is -0.201. The smallest absolute Gasteiger partial charge is 0.255 e. The SMILES string of the molecule is COc1ccc(-c2nccc([C@@H]3CCCN3C(=O)C(C)(C)NC(=O)c3ccccc3F)n2)cc1. The van der Waals surface area contributed by atoms with Crippen LogP contribution in [0.2, 0.25) is 0 Å². The van der Waals surface area contributed by atoms with Crippen LogP contribution in [-0.4, -0.2) is 45.9 Å². The van der Waals surface area contributed by atoms with Crippen molar-refractivity contribution < 1.29 is 18.7 Å². The molecule has 0 bridgehead atoms. The Hall–Kier alpha value is -3.81. The molecule has 0 spiro atoms. The lowest BCUT2D eigenvalue weighted by molar-refractivity contribution is -0.137. The predicted octanol–water partition coefficient (Wildman–Crippen LogP) is 4.16. The van der Waals surface area contributed by atoms with Gasteiger partial charge in [-0.1, -0.05) is 12.1 Å². The van der Waals surface area contributed by atoms with E-state index in [2.05, 4.69) is 10.3 Å². The van der Waals surface area contributed by atoms with Crippen LogP contribution in [0.4, 0.5) is 4.39 Å². The Labute approximate surface area is 198 Å². The van der Waals surface area contributed by atoms with Crippen LogP contribution >= 0.6 is 0 Å². The Kier molecular flexibility index (Phi) is 6.58. The van der Waals surface area contributed by atoms with Gasteiger partial charge in [-0.15, -0.1) is 0 Å². The third kappa shape index (κ3) is 4.76. The molecule has 1 atom stereocenters. The van der Waals surface area contributed by atoms with Crippen molar-refractivity contribution in [3.63, 3.8) is 0 Å². The van der Waals surface area contributed by atoms with E-state index in [1.165, 1.54) is 18.2 Å². The Morgan fingerprint density at radius 1 is 1.12 bits per heavy atom. The summed E-state index contributed by atoms with van der Waals surface area (Å²) in [4.78, 5) is 37.0. The average Bonchev–Trinajstić information content (AvgIpc) is 3.33. The molecule has 1 N–H and O–H groups in total. The molecule has 3 aromatic rings. The summed E-state index contributed by atoms with van der Waals surface area (Å²) in [7, 11) is 1.61. The van der Waals surface area contributed by atoms with Gasteiger partial charge in [0.1, 0.15) is 17.1 Å². The highest BCUT2D eigenvalue weighted by atomic mass is 19.1. The molecule has 1 aromatic heterocycles. The van der Waals surface area contributed by atoms with Gasteiger partial charge in [0.2, 0.25) is 5.91 Å². The van der Waals surface area contributed by atoms with Crippen molar-refractivity contribution in [2.75, 3.05) is 13.7 Å². The Morgan fingerprint density at radius 2 is 1.85 bits per heavy atom. The summed E-state index contributed by atoms with van der Waals surface area (Å²) in [6.45, 7) is 3.81. The molecule has 1 saturated heterocycles. The molecule has 4 rings (SSSR count). The topological polar surface area (TPSA) is 84.4 Å². The minimum absolute atomic E-state index is 0.0960. The van der Waals surface area contributed by atoms with Crippen molar-refractivity contribution >= 4 is 11.8 Å². The maximum absolute atomic E-state index is 14.0.